The molecule has 1 aliphatic rings. The molecule has 0 saturated carbocycles. The van der Waals surface area contributed by atoms with Crippen molar-refractivity contribution >= 4 is 49.8 Å². The Balaban J connectivity index is 1.62. The maximum atomic E-state index is 13.5. The predicted octanol–water partition coefficient (Wildman–Crippen LogP) is 4.03. The van der Waals surface area contributed by atoms with Crippen molar-refractivity contribution in [1.29, 1.82) is 0 Å². The van der Waals surface area contributed by atoms with Crippen LogP contribution in [0.4, 0.5) is 10.8 Å². The Labute approximate surface area is 200 Å². The number of thioether (sulfide) groups is 1. The van der Waals surface area contributed by atoms with Crippen LogP contribution in [0.25, 0.3) is 0 Å². The third-order valence-corrected chi connectivity index (χ3v) is 8.61. The van der Waals surface area contributed by atoms with Gasteiger partial charge in [-0.15, -0.1) is 16.8 Å². The summed E-state index contributed by atoms with van der Waals surface area (Å²) in [6.07, 6.45) is 0.691. The van der Waals surface area contributed by atoms with Gasteiger partial charge in [-0.2, -0.15) is 0 Å². The van der Waals surface area contributed by atoms with Crippen LogP contribution < -0.4 is 14.4 Å². The molecule has 0 radical (unpaired) electrons. The number of hydrogen-bond donors (Lipinski definition) is 1. The first-order chi connectivity index (χ1) is 15.8. The van der Waals surface area contributed by atoms with E-state index in [1.165, 1.54) is 27.4 Å². The van der Waals surface area contributed by atoms with Crippen LogP contribution in [0.3, 0.4) is 0 Å². The Morgan fingerprint density at radius 1 is 1.24 bits per heavy atom. The van der Waals surface area contributed by atoms with Gasteiger partial charge in [0.05, 0.1) is 17.1 Å². The molecule has 33 heavy (non-hydrogen) atoms. The number of carbonyl (C=O) groups excluding carboxylic acids is 1. The van der Waals surface area contributed by atoms with E-state index in [2.05, 4.69) is 22.1 Å². The molecule has 3 aromatic rings. The second-order valence-electron chi connectivity index (χ2n) is 7.39. The highest BCUT2D eigenvalue weighted by Crippen LogP contribution is 2.38. The van der Waals surface area contributed by atoms with Crippen LogP contribution in [0.15, 0.2) is 64.4 Å². The van der Waals surface area contributed by atoms with Crippen LogP contribution >= 0.6 is 23.1 Å². The zero-order valence-electron chi connectivity index (χ0n) is 18.0. The molecule has 1 unspecified atom stereocenters. The van der Waals surface area contributed by atoms with Gasteiger partial charge in [0.15, 0.2) is 10.4 Å². The molecule has 0 aliphatic carbocycles. The third-order valence-electron chi connectivity index (χ3n) is 4.85. The number of nitrogens with one attached hydrogen (secondary N) is 1. The number of anilines is 2. The topological polar surface area (TPSA) is 101 Å². The number of fused-ring (bicyclic) bond motifs is 1. The van der Waals surface area contributed by atoms with Gasteiger partial charge < -0.3 is 4.74 Å². The van der Waals surface area contributed by atoms with Crippen LogP contribution in [-0.2, 0) is 14.8 Å². The molecule has 0 saturated heterocycles. The first kappa shape index (κ1) is 23.3. The van der Waals surface area contributed by atoms with Crippen molar-refractivity contribution in [1.82, 2.24) is 10.2 Å². The molecule has 172 valence electrons. The first-order valence-corrected chi connectivity index (χ1v) is 13.3. The SMILES string of the molecule is C=CCSc1nnc(NC(=O)C2CN(S(=O)(=O)c3ccc(C)cc3)c3cc(C)ccc3O2)s1. The highest BCUT2D eigenvalue weighted by Gasteiger charge is 2.38. The van der Waals surface area contributed by atoms with E-state index in [0.717, 1.165) is 11.1 Å². The number of ether oxygens (including phenoxy) is 1. The monoisotopic (exact) mass is 502 g/mol. The maximum absolute atomic E-state index is 13.5. The smallest absolute Gasteiger partial charge is 0.269 e. The second-order valence-corrected chi connectivity index (χ2v) is 11.5. The van der Waals surface area contributed by atoms with E-state index in [9.17, 15) is 13.2 Å². The second kappa shape index (κ2) is 9.54. The molecule has 0 bridgehead atoms. The van der Waals surface area contributed by atoms with Gasteiger partial charge >= 0.3 is 0 Å². The van der Waals surface area contributed by atoms with E-state index in [-0.39, 0.29) is 11.4 Å². The summed E-state index contributed by atoms with van der Waals surface area (Å²) >= 11 is 2.69. The number of aryl methyl sites for hydroxylation is 2. The zero-order valence-corrected chi connectivity index (χ0v) is 20.5. The van der Waals surface area contributed by atoms with E-state index in [1.54, 1.807) is 42.5 Å². The Bertz CT molecular complexity index is 1290. The molecule has 2 aromatic carbocycles. The van der Waals surface area contributed by atoms with Crippen molar-refractivity contribution < 1.29 is 17.9 Å². The van der Waals surface area contributed by atoms with E-state index >= 15 is 0 Å². The van der Waals surface area contributed by atoms with Crippen molar-refractivity contribution in [2.45, 2.75) is 29.2 Å². The zero-order chi connectivity index (χ0) is 23.6. The van der Waals surface area contributed by atoms with Gasteiger partial charge in [-0.05, 0) is 43.7 Å². The van der Waals surface area contributed by atoms with Crippen molar-refractivity contribution in [3.05, 3.63) is 66.2 Å². The van der Waals surface area contributed by atoms with Gasteiger partial charge in [0, 0.05) is 5.75 Å². The summed E-state index contributed by atoms with van der Waals surface area (Å²) in [5.41, 5.74) is 2.23. The summed E-state index contributed by atoms with van der Waals surface area (Å²) < 4.78 is 34.8. The van der Waals surface area contributed by atoms with Crippen LogP contribution in [0.2, 0.25) is 0 Å². The molecule has 1 N–H and O–H groups in total. The number of amides is 1. The Morgan fingerprint density at radius 2 is 1.97 bits per heavy atom. The minimum atomic E-state index is -3.92. The van der Waals surface area contributed by atoms with E-state index < -0.39 is 22.0 Å². The fourth-order valence-electron chi connectivity index (χ4n) is 3.20. The molecular weight excluding hydrogens is 480 g/mol. The average Bonchev–Trinajstić information content (AvgIpc) is 3.24. The summed E-state index contributed by atoms with van der Waals surface area (Å²) in [6, 6.07) is 11.8. The number of carbonyl (C=O) groups is 1. The number of hydrogen-bond acceptors (Lipinski definition) is 8. The fourth-order valence-corrected chi connectivity index (χ4v) is 6.18. The number of aromatic nitrogens is 2. The highest BCUT2D eigenvalue weighted by molar-refractivity contribution is 8.01. The first-order valence-electron chi connectivity index (χ1n) is 10.0. The number of rotatable bonds is 7. The van der Waals surface area contributed by atoms with Crippen molar-refractivity contribution in [3.8, 4) is 5.75 Å². The van der Waals surface area contributed by atoms with Crippen LogP contribution in [0.5, 0.6) is 5.75 Å². The molecule has 4 rings (SSSR count). The molecule has 1 aliphatic heterocycles. The minimum absolute atomic E-state index is 0.148. The van der Waals surface area contributed by atoms with E-state index in [4.69, 9.17) is 4.74 Å². The van der Waals surface area contributed by atoms with Crippen molar-refractivity contribution in [2.24, 2.45) is 0 Å². The Hall–Kier alpha value is -2.89. The molecule has 1 amide bonds. The summed E-state index contributed by atoms with van der Waals surface area (Å²) in [6.45, 7) is 7.25. The maximum Gasteiger partial charge on any atom is 0.269 e. The third kappa shape index (κ3) is 5.05. The summed E-state index contributed by atoms with van der Waals surface area (Å²) in [5, 5.41) is 11.0. The average molecular weight is 503 g/mol. The van der Waals surface area contributed by atoms with Gasteiger partial charge in [0.2, 0.25) is 5.13 Å². The number of sulfonamides is 1. The normalized spacial score (nSPS) is 15.5. The lowest BCUT2D eigenvalue weighted by Gasteiger charge is -2.34. The minimum Gasteiger partial charge on any atom is -0.476 e. The van der Waals surface area contributed by atoms with Gasteiger partial charge in [-0.25, -0.2) is 8.42 Å². The number of benzene rings is 2. The van der Waals surface area contributed by atoms with Gasteiger partial charge in [-0.1, -0.05) is 52.9 Å². The van der Waals surface area contributed by atoms with Crippen LogP contribution in [-0.4, -0.2) is 42.9 Å². The van der Waals surface area contributed by atoms with E-state index in [1.807, 2.05) is 19.9 Å². The van der Waals surface area contributed by atoms with Gasteiger partial charge in [-0.3, -0.25) is 14.4 Å². The molecule has 8 nitrogen and oxygen atoms in total. The molecule has 0 spiro atoms. The molecule has 1 atom stereocenters. The lowest BCUT2D eigenvalue weighted by molar-refractivity contribution is -0.122. The number of nitrogens with zero attached hydrogens (tertiary/aromatic N) is 3. The summed E-state index contributed by atoms with van der Waals surface area (Å²) in [4.78, 5) is 13.1. The summed E-state index contributed by atoms with van der Waals surface area (Å²) in [7, 11) is -3.92. The van der Waals surface area contributed by atoms with Gasteiger partial charge in [0.1, 0.15) is 5.75 Å². The Morgan fingerprint density at radius 3 is 2.70 bits per heavy atom. The largest absolute Gasteiger partial charge is 0.476 e. The van der Waals surface area contributed by atoms with Crippen LogP contribution in [0.1, 0.15) is 11.1 Å². The quantitative estimate of drug-likeness (QED) is 0.296. The van der Waals surface area contributed by atoms with E-state index in [0.29, 0.717) is 26.7 Å². The lowest BCUT2D eigenvalue weighted by Crippen LogP contribution is -2.48. The standard InChI is InChI=1S/C22H22N4O4S3/c1-4-11-31-22-25-24-21(32-22)23-20(27)19-13-26(17-12-15(3)7-10-18(17)30-19)33(28,29)16-8-5-14(2)6-9-16/h4-10,12,19H,1,11,13H2,2-3H3,(H,23,24,27). The molecule has 11 heteroatoms. The summed E-state index contributed by atoms with van der Waals surface area (Å²) in [5.74, 6) is 0.500. The molecule has 2 heterocycles. The van der Waals surface area contributed by atoms with Crippen LogP contribution in [0, 0.1) is 13.8 Å². The predicted molar refractivity (Wildman–Crippen MR) is 131 cm³/mol. The molecule has 0 fully saturated rings. The molecular formula is C22H22N4O4S3. The molecule has 1 aromatic heterocycles. The van der Waals surface area contributed by atoms with Gasteiger partial charge in [0.25, 0.3) is 15.9 Å². The van der Waals surface area contributed by atoms with Crippen molar-refractivity contribution in [2.75, 3.05) is 21.9 Å². The Kier molecular flexibility index (Phi) is 6.73. The highest BCUT2D eigenvalue weighted by atomic mass is 32.2. The van der Waals surface area contributed by atoms with Crippen molar-refractivity contribution in [3.63, 3.8) is 0 Å². The fraction of sp³-hybridized carbons (Fsp3) is 0.227. The lowest BCUT2D eigenvalue weighted by atomic mass is 10.1.